The molecule has 0 aromatic heterocycles. The van der Waals surface area contributed by atoms with E-state index >= 15 is 0 Å². The van der Waals surface area contributed by atoms with Gasteiger partial charge in [0.1, 0.15) is 0 Å². The molecule has 0 aliphatic rings. The molecule has 0 spiro atoms. The van der Waals surface area contributed by atoms with Crippen LogP contribution in [0.4, 0.5) is 0 Å². The monoisotopic (exact) mass is 162 g/mol. The van der Waals surface area contributed by atoms with Gasteiger partial charge in [-0.3, -0.25) is 0 Å². The van der Waals surface area contributed by atoms with Gasteiger partial charge in [0.25, 0.3) is 0 Å². The third-order valence-corrected chi connectivity index (χ3v) is 1.85. The predicted octanol–water partition coefficient (Wildman–Crippen LogP) is 4.03. The zero-order chi connectivity index (χ0) is 9.72. The summed E-state index contributed by atoms with van der Waals surface area (Å²) in [4.78, 5) is 0. The summed E-state index contributed by atoms with van der Waals surface area (Å²) in [5.74, 6) is 0. The highest BCUT2D eigenvalue weighted by molar-refractivity contribution is 5.42. The molecule has 0 radical (unpaired) electrons. The Balaban J connectivity index is 4.72. The number of hydrogen-bond donors (Lipinski definition) is 0. The molecule has 0 heterocycles. The number of hydrogen-bond acceptors (Lipinski definition) is 0. The molecule has 0 unspecified atom stereocenters. The lowest BCUT2D eigenvalue weighted by Crippen LogP contribution is -1.82. The first-order chi connectivity index (χ1) is 5.49. The van der Waals surface area contributed by atoms with E-state index < -0.39 is 0 Å². The zero-order valence-corrected chi connectivity index (χ0v) is 8.57. The van der Waals surface area contributed by atoms with Gasteiger partial charge < -0.3 is 0 Å². The predicted molar refractivity (Wildman–Crippen MR) is 57.1 cm³/mol. The third kappa shape index (κ3) is 3.38. The molecule has 0 nitrogen and oxygen atoms in total. The fourth-order valence-electron chi connectivity index (χ4n) is 0.809. The van der Waals surface area contributed by atoms with E-state index in [0.717, 1.165) is 11.1 Å². The van der Waals surface area contributed by atoms with Gasteiger partial charge in [-0.05, 0) is 38.8 Å². The average Bonchev–Trinajstić information content (AvgIpc) is 1.98. The Hall–Kier alpha value is -1.04. The zero-order valence-electron chi connectivity index (χ0n) is 8.57. The summed E-state index contributed by atoms with van der Waals surface area (Å²) < 4.78 is 0. The van der Waals surface area contributed by atoms with E-state index in [1.807, 2.05) is 20.8 Å². The molecule has 0 saturated heterocycles. The smallest absolute Gasteiger partial charge is 0.0273 e. The maximum Gasteiger partial charge on any atom is -0.0273 e. The van der Waals surface area contributed by atoms with E-state index in [-0.39, 0.29) is 0 Å². The second-order valence-corrected chi connectivity index (χ2v) is 3.13. The van der Waals surface area contributed by atoms with E-state index in [1.54, 1.807) is 0 Å². The quantitative estimate of drug-likeness (QED) is 0.549. The molecule has 0 atom stereocenters. The first-order valence-corrected chi connectivity index (χ1v) is 4.15. The SMILES string of the molecule is C=C(C)C(=C\C)/C=C(\C)C(=C)C. The maximum atomic E-state index is 3.90. The molecule has 0 heteroatoms. The molecule has 0 aliphatic carbocycles. The van der Waals surface area contributed by atoms with E-state index in [2.05, 4.69) is 32.2 Å². The van der Waals surface area contributed by atoms with E-state index in [0.29, 0.717) is 0 Å². The second kappa shape index (κ2) is 4.76. The van der Waals surface area contributed by atoms with Crippen molar-refractivity contribution in [2.45, 2.75) is 27.7 Å². The third-order valence-electron chi connectivity index (χ3n) is 1.85. The molecule has 66 valence electrons. The molecule has 0 fully saturated rings. The van der Waals surface area contributed by atoms with Crippen molar-refractivity contribution in [3.8, 4) is 0 Å². The molecule has 0 bridgehead atoms. The summed E-state index contributed by atoms with van der Waals surface area (Å²) >= 11 is 0. The number of allylic oxidation sites excluding steroid dienone is 6. The Morgan fingerprint density at radius 2 is 1.50 bits per heavy atom. The van der Waals surface area contributed by atoms with E-state index in [9.17, 15) is 0 Å². The minimum absolute atomic E-state index is 1.10. The fourth-order valence-corrected chi connectivity index (χ4v) is 0.809. The van der Waals surface area contributed by atoms with Crippen LogP contribution in [-0.4, -0.2) is 0 Å². The van der Waals surface area contributed by atoms with Crippen molar-refractivity contribution >= 4 is 0 Å². The van der Waals surface area contributed by atoms with Crippen LogP contribution in [0.5, 0.6) is 0 Å². The van der Waals surface area contributed by atoms with Crippen LogP contribution in [-0.2, 0) is 0 Å². The summed E-state index contributed by atoms with van der Waals surface area (Å²) in [6, 6.07) is 0. The van der Waals surface area contributed by atoms with Gasteiger partial charge in [0, 0.05) is 0 Å². The van der Waals surface area contributed by atoms with Crippen molar-refractivity contribution in [2.75, 3.05) is 0 Å². The Morgan fingerprint density at radius 3 is 1.75 bits per heavy atom. The van der Waals surface area contributed by atoms with Crippen molar-refractivity contribution in [3.63, 3.8) is 0 Å². The summed E-state index contributed by atoms with van der Waals surface area (Å²) in [7, 11) is 0. The topological polar surface area (TPSA) is 0 Å². The van der Waals surface area contributed by atoms with Crippen LogP contribution in [0.3, 0.4) is 0 Å². The summed E-state index contributed by atoms with van der Waals surface area (Å²) in [5, 5.41) is 0. The molecule has 0 saturated carbocycles. The van der Waals surface area contributed by atoms with Gasteiger partial charge in [-0.15, -0.1) is 0 Å². The summed E-state index contributed by atoms with van der Waals surface area (Å²) in [5.41, 5.74) is 4.61. The van der Waals surface area contributed by atoms with Crippen molar-refractivity contribution in [3.05, 3.63) is 47.6 Å². The lowest BCUT2D eigenvalue weighted by Gasteiger charge is -2.03. The van der Waals surface area contributed by atoms with Crippen LogP contribution in [0.2, 0.25) is 0 Å². The van der Waals surface area contributed by atoms with Crippen LogP contribution in [0.25, 0.3) is 0 Å². The highest BCUT2D eigenvalue weighted by atomic mass is 14.0. The molecule has 0 aromatic rings. The van der Waals surface area contributed by atoms with Gasteiger partial charge in [0.15, 0.2) is 0 Å². The first-order valence-electron chi connectivity index (χ1n) is 4.15. The maximum absolute atomic E-state index is 3.90. The molecular formula is C12H18. The van der Waals surface area contributed by atoms with Gasteiger partial charge in [0.05, 0.1) is 0 Å². The van der Waals surface area contributed by atoms with Crippen molar-refractivity contribution in [1.29, 1.82) is 0 Å². The van der Waals surface area contributed by atoms with Crippen LogP contribution >= 0.6 is 0 Å². The summed E-state index contributed by atoms with van der Waals surface area (Å²) in [6.07, 6.45) is 4.18. The van der Waals surface area contributed by atoms with E-state index in [1.165, 1.54) is 11.1 Å². The first kappa shape index (κ1) is 11.0. The van der Waals surface area contributed by atoms with Crippen molar-refractivity contribution < 1.29 is 0 Å². The van der Waals surface area contributed by atoms with Gasteiger partial charge in [-0.1, -0.05) is 36.5 Å². The fraction of sp³-hybridized carbons (Fsp3) is 0.333. The Kier molecular flexibility index (Phi) is 4.35. The van der Waals surface area contributed by atoms with Crippen LogP contribution < -0.4 is 0 Å². The average molecular weight is 162 g/mol. The molecular weight excluding hydrogens is 144 g/mol. The Bertz CT molecular complexity index is 249. The van der Waals surface area contributed by atoms with Gasteiger partial charge in [-0.2, -0.15) is 0 Å². The highest BCUT2D eigenvalue weighted by Crippen LogP contribution is 2.14. The Morgan fingerprint density at radius 1 is 1.00 bits per heavy atom. The molecule has 0 aromatic carbocycles. The van der Waals surface area contributed by atoms with Crippen LogP contribution in [0.15, 0.2) is 47.6 Å². The minimum Gasteiger partial charge on any atom is -0.0958 e. The summed E-state index contributed by atoms with van der Waals surface area (Å²) in [6.45, 7) is 15.9. The lowest BCUT2D eigenvalue weighted by atomic mass is 10.0. The second-order valence-electron chi connectivity index (χ2n) is 3.13. The Labute approximate surface area is 76.0 Å². The van der Waals surface area contributed by atoms with Crippen LogP contribution in [0, 0.1) is 0 Å². The van der Waals surface area contributed by atoms with Crippen molar-refractivity contribution in [2.24, 2.45) is 0 Å². The molecule has 0 aliphatic heterocycles. The number of rotatable bonds is 3. The normalized spacial score (nSPS) is 13.0. The van der Waals surface area contributed by atoms with Crippen LogP contribution in [0.1, 0.15) is 27.7 Å². The molecule has 0 rings (SSSR count). The minimum atomic E-state index is 1.10. The highest BCUT2D eigenvalue weighted by Gasteiger charge is 1.94. The molecule has 0 amide bonds. The standard InChI is InChI=1S/C12H18/c1-7-12(10(4)5)8-11(6)9(2)3/h7-8H,2,4H2,1,3,5-6H3/b11-8+,12-7-. The largest absolute Gasteiger partial charge is 0.0958 e. The molecule has 12 heavy (non-hydrogen) atoms. The lowest BCUT2D eigenvalue weighted by molar-refractivity contribution is 1.32. The van der Waals surface area contributed by atoms with Gasteiger partial charge >= 0.3 is 0 Å². The van der Waals surface area contributed by atoms with Gasteiger partial charge in [-0.25, -0.2) is 0 Å². The molecule has 0 N–H and O–H groups in total. The van der Waals surface area contributed by atoms with E-state index in [4.69, 9.17) is 0 Å². The van der Waals surface area contributed by atoms with Crippen molar-refractivity contribution in [1.82, 2.24) is 0 Å². The van der Waals surface area contributed by atoms with Gasteiger partial charge in [0.2, 0.25) is 0 Å².